The average molecular weight is 513 g/mol. The number of hydrogen-bond acceptors (Lipinski definition) is 3. The van der Waals surface area contributed by atoms with E-state index in [0.717, 1.165) is 16.7 Å². The van der Waals surface area contributed by atoms with Crippen molar-refractivity contribution in [1.29, 1.82) is 0 Å². The molecule has 1 fully saturated rings. The zero-order valence-electron chi connectivity index (χ0n) is 18.9. The molecule has 2 aromatic rings. The van der Waals surface area contributed by atoms with E-state index in [1.807, 2.05) is 26.0 Å². The largest absolute Gasteiger partial charge is 0.293 e. The number of benzene rings is 2. The number of aryl methyl sites for hydroxylation is 2. The van der Waals surface area contributed by atoms with Crippen molar-refractivity contribution in [2.45, 2.75) is 70.9 Å². The second kappa shape index (κ2) is 9.18. The summed E-state index contributed by atoms with van der Waals surface area (Å²) in [6, 6.07) is 6.83. The highest BCUT2D eigenvalue weighted by atomic mass is 35.5. The molecule has 1 saturated carbocycles. The van der Waals surface area contributed by atoms with Crippen molar-refractivity contribution in [2.75, 3.05) is 0 Å². The molecule has 0 amide bonds. The van der Waals surface area contributed by atoms with Crippen LogP contribution in [0.4, 0.5) is 0 Å². The zero-order valence-corrected chi connectivity index (χ0v) is 22.1. The second-order valence-corrected chi connectivity index (χ2v) is 12.7. The number of ketones is 1. The molecule has 0 spiro atoms. The van der Waals surface area contributed by atoms with E-state index in [2.05, 4.69) is 20.8 Å². The van der Waals surface area contributed by atoms with Gasteiger partial charge < -0.3 is 0 Å². The Bertz CT molecular complexity index is 1080. The van der Waals surface area contributed by atoms with Gasteiger partial charge in [-0.1, -0.05) is 80.5 Å². The maximum atomic E-state index is 13.8. The third-order valence-electron chi connectivity index (χ3n) is 6.27. The van der Waals surface area contributed by atoms with Crippen LogP contribution in [-0.2, 0) is 9.98 Å². The van der Waals surface area contributed by atoms with Gasteiger partial charge in [0.15, 0.2) is 13.6 Å². The molecule has 0 bridgehead atoms. The summed E-state index contributed by atoms with van der Waals surface area (Å²) in [5, 5.41) is -0.787. The predicted molar refractivity (Wildman–Crippen MR) is 134 cm³/mol. The van der Waals surface area contributed by atoms with Gasteiger partial charge in [-0.15, -0.1) is 0 Å². The summed E-state index contributed by atoms with van der Waals surface area (Å²) < 4.78 is 13.8. The summed E-state index contributed by atoms with van der Waals surface area (Å²) in [4.78, 5) is 27.3. The van der Waals surface area contributed by atoms with Gasteiger partial charge in [-0.05, 0) is 60.9 Å². The van der Waals surface area contributed by atoms with Crippen LogP contribution < -0.4 is 0 Å². The van der Waals surface area contributed by atoms with Crippen LogP contribution in [0.5, 0.6) is 0 Å². The number of Topliss-reactive ketones (excluding diaryl/α,β-unsaturated/α-hetero) is 1. The van der Waals surface area contributed by atoms with E-state index in [0.29, 0.717) is 36.3 Å². The Morgan fingerprint density at radius 3 is 1.78 bits per heavy atom. The summed E-state index contributed by atoms with van der Waals surface area (Å²) in [5.41, 5.74) is 2.61. The van der Waals surface area contributed by atoms with Gasteiger partial charge in [0, 0.05) is 10.6 Å². The minimum atomic E-state index is -2.56. The molecule has 1 radical (unpaired) electrons. The molecule has 2 aromatic carbocycles. The van der Waals surface area contributed by atoms with E-state index in [9.17, 15) is 14.2 Å². The predicted octanol–water partition coefficient (Wildman–Crippen LogP) is 8.72. The first-order valence-electron chi connectivity index (χ1n) is 10.6. The number of carbonyl (C=O) groups excluding carboxylic acids is 2. The van der Waals surface area contributed by atoms with E-state index >= 15 is 0 Å². The molecule has 0 heterocycles. The number of rotatable bonds is 5. The lowest BCUT2D eigenvalue weighted by atomic mass is 9.84. The quantitative estimate of drug-likeness (QED) is 0.297. The Morgan fingerprint density at radius 2 is 1.34 bits per heavy atom. The minimum Gasteiger partial charge on any atom is -0.293 e. The van der Waals surface area contributed by atoms with Crippen LogP contribution in [-0.4, -0.2) is 16.5 Å². The fourth-order valence-corrected chi connectivity index (χ4v) is 7.46. The topological polar surface area (TPSA) is 51.2 Å². The molecule has 0 N–H and O–H groups in total. The van der Waals surface area contributed by atoms with Gasteiger partial charge in [0.2, 0.25) is 5.52 Å². The van der Waals surface area contributed by atoms with Crippen molar-refractivity contribution in [3.8, 4) is 0 Å². The summed E-state index contributed by atoms with van der Waals surface area (Å²) in [6.07, 6.45) is 2.15. The molecule has 0 aromatic heterocycles. The highest BCUT2D eigenvalue weighted by Crippen LogP contribution is 2.55. The monoisotopic (exact) mass is 511 g/mol. The van der Waals surface area contributed by atoms with Crippen molar-refractivity contribution < 1.29 is 14.2 Å². The first-order valence-corrected chi connectivity index (χ1v) is 13.0. The minimum absolute atomic E-state index is 0.0793. The van der Waals surface area contributed by atoms with E-state index in [4.69, 9.17) is 34.8 Å². The standard InChI is InChI=1S/C25H27Cl3O3P/c1-14-10-16(24(3,4)5)11-15(2)20(14)23(30)32(31)25(8-6-7-9-25)22(29)21-18(27)12-17(26)13-19(21)28/h10-13H,6-9H2,1-5H3. The Morgan fingerprint density at radius 1 is 0.875 bits per heavy atom. The summed E-state index contributed by atoms with van der Waals surface area (Å²) in [5.74, 6) is -0.433. The summed E-state index contributed by atoms with van der Waals surface area (Å²) in [6.45, 7) is 10.0. The van der Waals surface area contributed by atoms with Crippen molar-refractivity contribution in [3.05, 3.63) is 67.2 Å². The van der Waals surface area contributed by atoms with Gasteiger partial charge in [-0.25, -0.2) is 0 Å². The molecule has 171 valence electrons. The molecular formula is C25H27Cl3O3P. The third kappa shape index (κ3) is 4.55. The Balaban J connectivity index is 2.08. The van der Waals surface area contributed by atoms with Gasteiger partial charge in [0.25, 0.3) is 0 Å². The first-order chi connectivity index (χ1) is 14.8. The van der Waals surface area contributed by atoms with Crippen LogP contribution in [0.3, 0.4) is 0 Å². The van der Waals surface area contributed by atoms with Crippen LogP contribution in [0.15, 0.2) is 24.3 Å². The molecule has 1 unspecified atom stereocenters. The maximum Gasteiger partial charge on any atom is 0.243 e. The van der Waals surface area contributed by atoms with Crippen LogP contribution in [0.2, 0.25) is 15.1 Å². The maximum absolute atomic E-state index is 13.8. The lowest BCUT2D eigenvalue weighted by Crippen LogP contribution is -2.34. The van der Waals surface area contributed by atoms with Gasteiger partial charge in [-0.3, -0.25) is 14.2 Å². The van der Waals surface area contributed by atoms with Crippen LogP contribution >= 0.6 is 42.6 Å². The van der Waals surface area contributed by atoms with E-state index in [1.54, 1.807) is 0 Å². The van der Waals surface area contributed by atoms with E-state index < -0.39 is 24.3 Å². The molecule has 3 nitrogen and oxygen atoms in total. The normalized spacial score (nSPS) is 16.2. The van der Waals surface area contributed by atoms with E-state index in [-0.39, 0.29) is 21.0 Å². The molecule has 7 heteroatoms. The van der Waals surface area contributed by atoms with Gasteiger partial charge in [-0.2, -0.15) is 0 Å². The van der Waals surface area contributed by atoms with Crippen molar-refractivity contribution >= 4 is 53.9 Å². The molecule has 1 aliphatic rings. The Hall–Kier alpha value is -1.25. The molecule has 0 saturated heterocycles. The number of hydrogen-bond donors (Lipinski definition) is 0. The Kier molecular flexibility index (Phi) is 7.28. The van der Waals surface area contributed by atoms with Gasteiger partial charge in [0.1, 0.15) is 5.16 Å². The molecular weight excluding hydrogens is 486 g/mol. The highest BCUT2D eigenvalue weighted by Gasteiger charge is 2.51. The average Bonchev–Trinajstić information content (AvgIpc) is 3.16. The Labute approximate surface area is 205 Å². The van der Waals surface area contributed by atoms with E-state index in [1.165, 1.54) is 12.1 Å². The van der Waals surface area contributed by atoms with Crippen LogP contribution in [0.25, 0.3) is 0 Å². The molecule has 1 aliphatic carbocycles. The summed E-state index contributed by atoms with van der Waals surface area (Å²) >= 11 is 18.6. The number of carbonyl (C=O) groups is 2. The molecule has 1 atom stereocenters. The van der Waals surface area contributed by atoms with Gasteiger partial charge in [0.05, 0.1) is 15.6 Å². The molecule has 32 heavy (non-hydrogen) atoms. The second-order valence-electron chi connectivity index (χ2n) is 9.65. The zero-order chi connectivity index (χ0) is 24.0. The highest BCUT2D eigenvalue weighted by molar-refractivity contribution is 7.67. The van der Waals surface area contributed by atoms with Crippen LogP contribution in [0.1, 0.15) is 83.9 Å². The molecule has 3 rings (SSSR count). The third-order valence-corrected chi connectivity index (χ3v) is 9.11. The summed E-state index contributed by atoms with van der Waals surface area (Å²) in [7, 11) is -2.56. The lowest BCUT2D eigenvalue weighted by Gasteiger charge is -2.27. The van der Waals surface area contributed by atoms with Crippen LogP contribution in [0, 0.1) is 13.8 Å². The van der Waals surface area contributed by atoms with Gasteiger partial charge >= 0.3 is 0 Å². The fourth-order valence-electron chi connectivity index (χ4n) is 4.50. The fraction of sp³-hybridized carbons (Fsp3) is 0.440. The smallest absolute Gasteiger partial charge is 0.243 e. The SMILES string of the molecule is Cc1cc(C(C)(C)C)cc(C)c1C(=O)[P](=O)C1(C(=O)c2c(Cl)cc(Cl)cc2Cl)CCCC1. The van der Waals surface area contributed by atoms with Crippen molar-refractivity contribution in [2.24, 2.45) is 0 Å². The number of halogens is 3. The lowest BCUT2D eigenvalue weighted by molar-refractivity contribution is 0.0931. The molecule has 0 aliphatic heterocycles. The van der Waals surface area contributed by atoms with Crippen molar-refractivity contribution in [1.82, 2.24) is 0 Å². The van der Waals surface area contributed by atoms with Crippen molar-refractivity contribution in [3.63, 3.8) is 0 Å². The first kappa shape index (κ1) is 25.4.